The molecule has 6 heteroatoms. The minimum absolute atomic E-state index is 0.0154. The number of amides is 2. The van der Waals surface area contributed by atoms with Crippen molar-refractivity contribution in [2.75, 3.05) is 20.3 Å². The number of hydrogen-bond donors (Lipinski definition) is 2. The predicted molar refractivity (Wildman–Crippen MR) is 69.0 cm³/mol. The Morgan fingerprint density at radius 3 is 2.53 bits per heavy atom. The van der Waals surface area contributed by atoms with E-state index in [-0.39, 0.29) is 12.5 Å². The van der Waals surface area contributed by atoms with Crippen LogP contribution in [0.15, 0.2) is 0 Å². The van der Waals surface area contributed by atoms with Gasteiger partial charge in [-0.2, -0.15) is 0 Å². The summed E-state index contributed by atoms with van der Waals surface area (Å²) in [6, 6.07) is 0.164. The summed E-state index contributed by atoms with van der Waals surface area (Å²) in [4.78, 5) is 25.0. The van der Waals surface area contributed by atoms with Crippen LogP contribution >= 0.6 is 0 Å². The van der Waals surface area contributed by atoms with Crippen molar-refractivity contribution in [3.8, 4) is 0 Å². The van der Waals surface area contributed by atoms with Crippen molar-refractivity contribution in [1.29, 1.82) is 0 Å². The maximum Gasteiger partial charge on any atom is 0.318 e. The predicted octanol–water partition coefficient (Wildman–Crippen LogP) is 1.20. The Bertz CT molecular complexity index is 351. The van der Waals surface area contributed by atoms with E-state index in [0.29, 0.717) is 19.2 Å². The molecule has 0 spiro atoms. The molecule has 19 heavy (non-hydrogen) atoms. The number of carbonyl (C=O) groups excluding carboxylic acids is 1. The summed E-state index contributed by atoms with van der Waals surface area (Å²) < 4.78 is 5.02. The summed E-state index contributed by atoms with van der Waals surface area (Å²) in [5, 5.41) is 11.9. The van der Waals surface area contributed by atoms with E-state index in [4.69, 9.17) is 9.84 Å². The van der Waals surface area contributed by atoms with Crippen LogP contribution in [-0.4, -0.2) is 53.8 Å². The van der Waals surface area contributed by atoms with E-state index in [1.807, 2.05) is 0 Å². The Morgan fingerprint density at radius 1 is 1.42 bits per heavy atom. The van der Waals surface area contributed by atoms with E-state index in [0.717, 1.165) is 32.1 Å². The quantitative estimate of drug-likeness (QED) is 0.728. The number of aliphatic carboxylic acids is 1. The largest absolute Gasteiger partial charge is 0.481 e. The van der Waals surface area contributed by atoms with Crippen molar-refractivity contribution in [3.05, 3.63) is 0 Å². The second kappa shape index (κ2) is 5.77. The van der Waals surface area contributed by atoms with Crippen LogP contribution in [-0.2, 0) is 9.53 Å². The van der Waals surface area contributed by atoms with Crippen molar-refractivity contribution < 1.29 is 19.4 Å². The maximum absolute atomic E-state index is 12.3. The summed E-state index contributed by atoms with van der Waals surface area (Å²) in [5.74, 6) is -0.852. The highest BCUT2D eigenvalue weighted by Crippen LogP contribution is 2.36. The number of methoxy groups -OCH3 is 1. The minimum atomic E-state index is -0.852. The van der Waals surface area contributed by atoms with Gasteiger partial charge in [-0.25, -0.2) is 4.79 Å². The number of ether oxygens (including phenoxy) is 1. The molecule has 0 saturated heterocycles. The molecule has 0 bridgehead atoms. The van der Waals surface area contributed by atoms with Gasteiger partial charge in [0.1, 0.15) is 0 Å². The van der Waals surface area contributed by atoms with Crippen molar-refractivity contribution in [3.63, 3.8) is 0 Å². The van der Waals surface area contributed by atoms with Gasteiger partial charge in [0.05, 0.1) is 18.6 Å². The van der Waals surface area contributed by atoms with Gasteiger partial charge < -0.3 is 20.1 Å². The van der Waals surface area contributed by atoms with Crippen LogP contribution in [0.25, 0.3) is 0 Å². The average Bonchev–Trinajstić information content (AvgIpc) is 3.10. The lowest BCUT2D eigenvalue weighted by molar-refractivity contribution is -0.139. The topological polar surface area (TPSA) is 78.9 Å². The van der Waals surface area contributed by atoms with E-state index in [2.05, 4.69) is 5.32 Å². The van der Waals surface area contributed by atoms with Gasteiger partial charge in [-0.3, -0.25) is 4.79 Å². The van der Waals surface area contributed by atoms with Crippen LogP contribution in [0.5, 0.6) is 0 Å². The third-order valence-electron chi connectivity index (χ3n) is 3.96. The molecule has 2 fully saturated rings. The van der Waals surface area contributed by atoms with E-state index < -0.39 is 11.5 Å². The smallest absolute Gasteiger partial charge is 0.318 e. The zero-order valence-electron chi connectivity index (χ0n) is 11.4. The van der Waals surface area contributed by atoms with Crippen molar-refractivity contribution in [2.45, 2.75) is 50.1 Å². The fourth-order valence-corrected chi connectivity index (χ4v) is 2.56. The fourth-order valence-electron chi connectivity index (χ4n) is 2.56. The molecule has 2 aliphatic rings. The lowest BCUT2D eigenvalue weighted by Crippen LogP contribution is -2.58. The van der Waals surface area contributed by atoms with Crippen LogP contribution in [0.4, 0.5) is 4.79 Å². The summed E-state index contributed by atoms with van der Waals surface area (Å²) in [5.41, 5.74) is -0.525. The Morgan fingerprint density at radius 2 is 2.11 bits per heavy atom. The molecular weight excluding hydrogens is 248 g/mol. The van der Waals surface area contributed by atoms with Crippen molar-refractivity contribution >= 4 is 12.0 Å². The van der Waals surface area contributed by atoms with Gasteiger partial charge in [0.25, 0.3) is 0 Å². The molecule has 0 unspecified atom stereocenters. The van der Waals surface area contributed by atoms with Crippen molar-refractivity contribution in [1.82, 2.24) is 10.2 Å². The van der Waals surface area contributed by atoms with E-state index >= 15 is 0 Å². The molecule has 6 nitrogen and oxygen atoms in total. The Kier molecular flexibility index (Phi) is 4.29. The molecule has 0 atom stereocenters. The van der Waals surface area contributed by atoms with Crippen LogP contribution in [0.3, 0.4) is 0 Å². The Hall–Kier alpha value is -1.30. The number of urea groups is 1. The zero-order valence-corrected chi connectivity index (χ0v) is 11.4. The first-order valence-corrected chi connectivity index (χ1v) is 6.86. The number of carboxylic acid groups (broad SMARTS) is 1. The van der Waals surface area contributed by atoms with Gasteiger partial charge in [0.2, 0.25) is 0 Å². The summed E-state index contributed by atoms with van der Waals surface area (Å²) >= 11 is 0. The first-order chi connectivity index (χ1) is 9.06. The van der Waals surface area contributed by atoms with E-state index in [9.17, 15) is 9.59 Å². The number of carboxylic acids is 1. The van der Waals surface area contributed by atoms with Gasteiger partial charge in [0.15, 0.2) is 0 Å². The average molecular weight is 270 g/mol. The summed E-state index contributed by atoms with van der Waals surface area (Å²) in [7, 11) is 1.61. The van der Waals surface area contributed by atoms with Gasteiger partial charge in [0, 0.05) is 19.7 Å². The number of nitrogens with one attached hydrogen (secondary N) is 1. The van der Waals surface area contributed by atoms with E-state index in [1.165, 1.54) is 0 Å². The lowest BCUT2D eigenvalue weighted by Gasteiger charge is -2.42. The molecule has 2 N–H and O–H groups in total. The van der Waals surface area contributed by atoms with Gasteiger partial charge in [-0.15, -0.1) is 0 Å². The van der Waals surface area contributed by atoms with Crippen LogP contribution in [0.1, 0.15) is 38.5 Å². The lowest BCUT2D eigenvalue weighted by atomic mass is 9.74. The highest BCUT2D eigenvalue weighted by atomic mass is 16.5. The molecule has 2 amide bonds. The molecule has 0 aromatic heterocycles. The number of carbonyl (C=O) groups is 2. The minimum Gasteiger partial charge on any atom is -0.481 e. The molecule has 0 aromatic rings. The molecule has 2 rings (SSSR count). The number of hydrogen-bond acceptors (Lipinski definition) is 3. The standard InChI is InChI=1S/C13H22N2O4/c1-19-8-7-15(10-3-4-10)12(18)14-13(5-2-6-13)9-11(16)17/h10H,2-9H2,1H3,(H,14,18)(H,16,17). The highest BCUT2D eigenvalue weighted by molar-refractivity contribution is 5.77. The third kappa shape index (κ3) is 3.59. The SMILES string of the molecule is COCCN(C(=O)NC1(CC(=O)O)CCC1)C1CC1. The van der Waals surface area contributed by atoms with Gasteiger partial charge >= 0.3 is 12.0 Å². The second-order valence-corrected chi connectivity index (χ2v) is 5.55. The molecular formula is C13H22N2O4. The monoisotopic (exact) mass is 270 g/mol. The maximum atomic E-state index is 12.3. The zero-order chi connectivity index (χ0) is 13.9. The van der Waals surface area contributed by atoms with Crippen LogP contribution < -0.4 is 5.32 Å². The first kappa shape index (κ1) is 14.1. The van der Waals surface area contributed by atoms with Crippen LogP contribution in [0.2, 0.25) is 0 Å². The normalized spacial score (nSPS) is 20.5. The summed E-state index contributed by atoms with van der Waals surface area (Å²) in [6.45, 7) is 1.08. The molecule has 0 aromatic carbocycles. The first-order valence-electron chi connectivity index (χ1n) is 6.86. The number of nitrogens with zero attached hydrogens (tertiary/aromatic N) is 1. The molecule has 108 valence electrons. The third-order valence-corrected chi connectivity index (χ3v) is 3.96. The molecule has 0 radical (unpaired) electrons. The number of rotatable bonds is 7. The molecule has 2 aliphatic carbocycles. The highest BCUT2D eigenvalue weighted by Gasteiger charge is 2.42. The Balaban J connectivity index is 1.91. The summed E-state index contributed by atoms with van der Waals surface area (Å²) in [6.07, 6.45) is 4.57. The molecule has 0 aliphatic heterocycles. The molecule has 2 saturated carbocycles. The van der Waals surface area contributed by atoms with Gasteiger partial charge in [-0.1, -0.05) is 0 Å². The van der Waals surface area contributed by atoms with Gasteiger partial charge in [-0.05, 0) is 32.1 Å². The van der Waals surface area contributed by atoms with E-state index in [1.54, 1.807) is 12.0 Å². The second-order valence-electron chi connectivity index (χ2n) is 5.55. The molecule has 0 heterocycles. The fraction of sp³-hybridized carbons (Fsp3) is 0.846. The van der Waals surface area contributed by atoms with Crippen molar-refractivity contribution in [2.24, 2.45) is 0 Å². The Labute approximate surface area is 113 Å². The van der Waals surface area contributed by atoms with Crippen LogP contribution in [0, 0.1) is 0 Å².